The summed E-state index contributed by atoms with van der Waals surface area (Å²) in [6.45, 7) is 0.446. The molecule has 40 heavy (non-hydrogen) atoms. The molecule has 0 unspecified atom stereocenters. The number of hydrogen-bond acceptors (Lipinski definition) is 0. The Morgan fingerprint density at radius 3 is 0.975 bits per heavy atom. The minimum absolute atomic E-state index is 0.223. The Hall–Kier alpha value is -4.81. The van der Waals surface area contributed by atoms with Gasteiger partial charge in [0.1, 0.15) is 0 Å². The topological polar surface area (TPSA) is 0 Å². The van der Waals surface area contributed by atoms with E-state index in [2.05, 4.69) is 146 Å². The van der Waals surface area contributed by atoms with Crippen LogP contribution in [0.2, 0.25) is 0 Å². The van der Waals surface area contributed by atoms with E-state index in [0.717, 1.165) is 0 Å². The molecule has 0 nitrogen and oxygen atoms in total. The molecule has 9 rings (SSSR count). The first-order valence-corrected chi connectivity index (χ1v) is 14.2. The third-order valence-electron chi connectivity index (χ3n) is 9.15. The fourth-order valence-corrected chi connectivity index (χ4v) is 7.38. The summed E-state index contributed by atoms with van der Waals surface area (Å²) < 4.78 is 0. The van der Waals surface area contributed by atoms with Gasteiger partial charge in [-0.15, -0.1) is 0 Å². The highest BCUT2D eigenvalue weighted by Crippen LogP contribution is 2.33. The van der Waals surface area contributed by atoms with Crippen molar-refractivity contribution in [3.8, 4) is 22.3 Å². The van der Waals surface area contributed by atoms with Gasteiger partial charge in [-0.2, -0.15) is 0 Å². The largest absolute Gasteiger partial charge is 0.242 e. The van der Waals surface area contributed by atoms with Gasteiger partial charge in [-0.1, -0.05) is 166 Å². The highest BCUT2D eigenvalue weighted by Gasteiger charge is 2.39. The van der Waals surface area contributed by atoms with Crippen molar-refractivity contribution >= 4 is 67.7 Å². The molecule has 0 saturated heterocycles. The van der Waals surface area contributed by atoms with Crippen LogP contribution in [0.1, 0.15) is 0 Å². The van der Waals surface area contributed by atoms with E-state index in [-0.39, 0.29) is 13.4 Å². The Balaban J connectivity index is 1.36. The second kappa shape index (κ2) is 8.34. The van der Waals surface area contributed by atoms with Gasteiger partial charge < -0.3 is 0 Å². The summed E-state index contributed by atoms with van der Waals surface area (Å²) in [6, 6.07) is 54.4. The van der Waals surface area contributed by atoms with Crippen LogP contribution in [0.3, 0.4) is 0 Å². The molecule has 7 aromatic carbocycles. The maximum Gasteiger partial charge on any atom is 0.242 e. The smallest absolute Gasteiger partial charge is 0.0686 e. The zero-order valence-corrected chi connectivity index (χ0v) is 22.0. The zero-order valence-electron chi connectivity index (χ0n) is 22.0. The van der Waals surface area contributed by atoms with E-state index in [0.29, 0.717) is 0 Å². The van der Waals surface area contributed by atoms with E-state index in [1.54, 1.807) is 0 Å². The normalized spacial score (nSPS) is 12.9. The molecule has 0 atom stereocenters. The van der Waals surface area contributed by atoms with E-state index in [1.165, 1.54) is 76.6 Å². The van der Waals surface area contributed by atoms with E-state index < -0.39 is 0 Å². The molecule has 0 bridgehead atoms. The van der Waals surface area contributed by atoms with Gasteiger partial charge in [-0.25, -0.2) is 0 Å². The lowest BCUT2D eigenvalue weighted by molar-refractivity contribution is 1.73. The van der Waals surface area contributed by atoms with Crippen LogP contribution in [0.25, 0.3) is 43.8 Å². The highest BCUT2D eigenvalue weighted by atomic mass is 14.2. The van der Waals surface area contributed by atoms with Gasteiger partial charge in [0, 0.05) is 0 Å². The van der Waals surface area contributed by atoms with Gasteiger partial charge in [0.25, 0.3) is 0 Å². The van der Waals surface area contributed by atoms with Crippen molar-refractivity contribution in [1.82, 2.24) is 0 Å². The third-order valence-corrected chi connectivity index (χ3v) is 9.15. The standard InChI is InChI=1S/C38H24B2/c1-3-15-29(16-4-1)39-35-21-27-13-9-7-11-25(27)19-31(35)33-24-38-34(23-37(33)39)32-20-26-12-8-10-14-28(26)22-36(32)40(38)30-17-5-2-6-18-30/h1-24H. The lowest BCUT2D eigenvalue weighted by Crippen LogP contribution is -2.50. The Labute approximate surface area is 235 Å². The molecule has 7 aromatic rings. The molecule has 182 valence electrons. The average molecular weight is 502 g/mol. The molecule has 0 fully saturated rings. The average Bonchev–Trinajstić information content (AvgIpc) is 3.49. The van der Waals surface area contributed by atoms with Crippen LogP contribution in [-0.2, 0) is 0 Å². The first-order valence-electron chi connectivity index (χ1n) is 14.2. The maximum absolute atomic E-state index is 2.53. The predicted molar refractivity (Wildman–Crippen MR) is 175 cm³/mol. The molecule has 0 spiro atoms. The van der Waals surface area contributed by atoms with E-state index in [9.17, 15) is 0 Å². The van der Waals surface area contributed by atoms with Crippen LogP contribution < -0.4 is 32.8 Å². The van der Waals surface area contributed by atoms with E-state index >= 15 is 0 Å². The van der Waals surface area contributed by atoms with Gasteiger partial charge in [-0.3, -0.25) is 0 Å². The van der Waals surface area contributed by atoms with Gasteiger partial charge >= 0.3 is 0 Å². The van der Waals surface area contributed by atoms with E-state index in [1.807, 2.05) is 0 Å². The highest BCUT2D eigenvalue weighted by molar-refractivity contribution is 7.01. The number of fused-ring (bicyclic) bond motifs is 8. The second-order valence-electron chi connectivity index (χ2n) is 11.3. The molecule has 2 aliphatic heterocycles. The Bertz CT molecular complexity index is 1960. The molecule has 2 aliphatic rings. The monoisotopic (exact) mass is 502 g/mol. The molecule has 0 aromatic heterocycles. The lowest BCUT2D eigenvalue weighted by Gasteiger charge is -2.14. The minimum atomic E-state index is 0.223. The SMILES string of the molecule is c1ccc(B2c3cc4c(cc3-c3cc5ccccc5cc32)B(c2ccccc2)c2cc3ccccc3cc2-4)cc1. The fraction of sp³-hybridized carbons (Fsp3) is 0. The molecule has 0 saturated carbocycles. The van der Waals surface area contributed by atoms with Gasteiger partial charge in [0.15, 0.2) is 0 Å². The van der Waals surface area contributed by atoms with Gasteiger partial charge in [0.2, 0.25) is 13.4 Å². The molecule has 0 amide bonds. The Morgan fingerprint density at radius 1 is 0.275 bits per heavy atom. The quantitative estimate of drug-likeness (QED) is 0.293. The second-order valence-corrected chi connectivity index (χ2v) is 11.3. The van der Waals surface area contributed by atoms with Crippen LogP contribution in [0.15, 0.2) is 146 Å². The molecule has 0 aliphatic carbocycles. The van der Waals surface area contributed by atoms with Crippen molar-refractivity contribution in [2.75, 3.05) is 0 Å². The lowest BCUT2D eigenvalue weighted by atomic mass is 9.37. The molecule has 0 N–H and O–H groups in total. The molecular formula is C38H24B2. The van der Waals surface area contributed by atoms with Crippen molar-refractivity contribution in [2.45, 2.75) is 0 Å². The summed E-state index contributed by atoms with van der Waals surface area (Å²) in [7, 11) is 0. The van der Waals surface area contributed by atoms with E-state index in [4.69, 9.17) is 0 Å². The van der Waals surface area contributed by atoms with Crippen molar-refractivity contribution in [3.63, 3.8) is 0 Å². The summed E-state index contributed by atoms with van der Waals surface area (Å²) >= 11 is 0. The van der Waals surface area contributed by atoms with Crippen LogP contribution >= 0.6 is 0 Å². The number of hydrogen-bond donors (Lipinski definition) is 0. The van der Waals surface area contributed by atoms with Crippen LogP contribution in [-0.4, -0.2) is 13.4 Å². The van der Waals surface area contributed by atoms with Crippen LogP contribution in [0.4, 0.5) is 0 Å². The first-order chi connectivity index (χ1) is 19.8. The first kappa shape index (κ1) is 22.1. The number of benzene rings is 7. The van der Waals surface area contributed by atoms with Crippen molar-refractivity contribution in [2.24, 2.45) is 0 Å². The summed E-state index contributed by atoms with van der Waals surface area (Å²) in [5.41, 5.74) is 13.9. The zero-order chi connectivity index (χ0) is 26.2. The summed E-state index contributed by atoms with van der Waals surface area (Å²) in [5.74, 6) is 0. The summed E-state index contributed by atoms with van der Waals surface area (Å²) in [4.78, 5) is 0. The minimum Gasteiger partial charge on any atom is -0.0686 e. The Morgan fingerprint density at radius 2 is 0.575 bits per heavy atom. The van der Waals surface area contributed by atoms with Crippen LogP contribution in [0, 0.1) is 0 Å². The summed E-state index contributed by atoms with van der Waals surface area (Å²) in [6.07, 6.45) is 0. The maximum atomic E-state index is 2.53. The van der Waals surface area contributed by atoms with Crippen molar-refractivity contribution in [3.05, 3.63) is 146 Å². The molecule has 2 heterocycles. The third kappa shape index (κ3) is 3.11. The van der Waals surface area contributed by atoms with Crippen molar-refractivity contribution < 1.29 is 0 Å². The molecule has 0 radical (unpaired) electrons. The Kier molecular flexibility index (Phi) is 4.60. The summed E-state index contributed by atoms with van der Waals surface area (Å²) in [5, 5.41) is 5.22. The number of rotatable bonds is 2. The fourth-order valence-electron chi connectivity index (χ4n) is 7.38. The molecule has 2 heteroatoms. The predicted octanol–water partition coefficient (Wildman–Crippen LogP) is 4.99. The van der Waals surface area contributed by atoms with Crippen molar-refractivity contribution in [1.29, 1.82) is 0 Å². The van der Waals surface area contributed by atoms with Gasteiger partial charge in [0.05, 0.1) is 0 Å². The van der Waals surface area contributed by atoms with Gasteiger partial charge in [-0.05, 0) is 55.9 Å². The molecular weight excluding hydrogens is 478 g/mol. The van der Waals surface area contributed by atoms with Crippen LogP contribution in [0.5, 0.6) is 0 Å².